The maximum absolute atomic E-state index is 11.8. The van der Waals surface area contributed by atoms with Crippen molar-refractivity contribution in [2.45, 2.75) is 33.0 Å². The molecule has 0 bridgehead atoms. The Morgan fingerprint density at radius 1 is 1.29 bits per heavy atom. The van der Waals surface area contributed by atoms with E-state index in [-0.39, 0.29) is 11.8 Å². The van der Waals surface area contributed by atoms with Gasteiger partial charge in [-0.3, -0.25) is 9.48 Å². The normalized spacial score (nSPS) is 12.4. The minimum absolute atomic E-state index is 0.106. The van der Waals surface area contributed by atoms with Crippen LogP contribution in [0.3, 0.4) is 0 Å². The topological polar surface area (TPSA) is 72.9 Å². The first-order valence-electron chi connectivity index (χ1n) is 7.15. The van der Waals surface area contributed by atoms with E-state index >= 15 is 0 Å². The van der Waals surface area contributed by atoms with Gasteiger partial charge in [0.05, 0.1) is 12.6 Å². The Bertz CT molecular complexity index is 560. The first kappa shape index (κ1) is 15.3. The highest BCUT2D eigenvalue weighted by molar-refractivity contribution is 5.81. The van der Waals surface area contributed by atoms with Crippen molar-refractivity contribution < 1.29 is 4.79 Å². The number of hydrogen-bond acceptors (Lipinski definition) is 3. The highest BCUT2D eigenvalue weighted by atomic mass is 16.2. The Kier molecular flexibility index (Phi) is 5.11. The number of nitrogens with zero attached hydrogens (tertiary/aromatic N) is 2. The highest BCUT2D eigenvalue weighted by Crippen LogP contribution is 2.06. The molecule has 0 aliphatic carbocycles. The number of carbonyl (C=O) groups excluding carboxylic acids is 1. The minimum atomic E-state index is -0.455. The van der Waals surface area contributed by atoms with Crippen LogP contribution in [0.25, 0.3) is 0 Å². The van der Waals surface area contributed by atoms with Gasteiger partial charge in [0.1, 0.15) is 0 Å². The maximum atomic E-state index is 11.8. The fourth-order valence-corrected chi connectivity index (χ4v) is 1.95. The molecule has 2 rings (SSSR count). The van der Waals surface area contributed by atoms with Crippen LogP contribution in [-0.4, -0.2) is 21.7 Å². The minimum Gasteiger partial charge on any atom is -0.351 e. The number of aromatic nitrogens is 2. The predicted octanol–water partition coefficient (Wildman–Crippen LogP) is 1.53. The summed E-state index contributed by atoms with van der Waals surface area (Å²) in [4.78, 5) is 11.8. The van der Waals surface area contributed by atoms with E-state index in [9.17, 15) is 4.79 Å². The van der Waals surface area contributed by atoms with Crippen LogP contribution in [0, 0.1) is 5.92 Å². The fourth-order valence-electron chi connectivity index (χ4n) is 1.95. The Labute approximate surface area is 125 Å². The van der Waals surface area contributed by atoms with E-state index in [2.05, 4.69) is 10.4 Å². The Morgan fingerprint density at radius 3 is 2.52 bits per heavy atom. The van der Waals surface area contributed by atoms with Crippen LogP contribution in [-0.2, 0) is 17.9 Å². The zero-order chi connectivity index (χ0) is 15.2. The Hall–Kier alpha value is -2.14. The van der Waals surface area contributed by atoms with E-state index in [1.165, 1.54) is 5.56 Å². The van der Waals surface area contributed by atoms with Gasteiger partial charge in [-0.1, -0.05) is 38.1 Å². The van der Waals surface area contributed by atoms with Gasteiger partial charge in [0.15, 0.2) is 0 Å². The molecule has 112 valence electrons. The zero-order valence-electron chi connectivity index (χ0n) is 12.5. The number of nitrogens with two attached hydrogens (primary N) is 1. The molecule has 0 saturated heterocycles. The lowest BCUT2D eigenvalue weighted by molar-refractivity contribution is -0.123. The average molecular weight is 286 g/mol. The second-order valence-corrected chi connectivity index (χ2v) is 5.51. The summed E-state index contributed by atoms with van der Waals surface area (Å²) in [5.74, 6) is 0.0343. The van der Waals surface area contributed by atoms with E-state index in [1.807, 2.05) is 55.1 Å². The lowest BCUT2D eigenvalue weighted by Crippen LogP contribution is -2.43. The van der Waals surface area contributed by atoms with Crippen molar-refractivity contribution in [3.63, 3.8) is 0 Å². The van der Waals surface area contributed by atoms with E-state index in [4.69, 9.17) is 5.73 Å². The molecule has 0 spiro atoms. The van der Waals surface area contributed by atoms with Crippen LogP contribution in [0.15, 0.2) is 42.7 Å². The van der Waals surface area contributed by atoms with E-state index in [0.717, 1.165) is 12.1 Å². The van der Waals surface area contributed by atoms with Gasteiger partial charge in [0.2, 0.25) is 5.91 Å². The van der Waals surface area contributed by atoms with Gasteiger partial charge < -0.3 is 11.1 Å². The quantitative estimate of drug-likeness (QED) is 0.846. The van der Waals surface area contributed by atoms with Crippen molar-refractivity contribution in [2.24, 2.45) is 11.7 Å². The van der Waals surface area contributed by atoms with Crippen molar-refractivity contribution in [2.75, 3.05) is 0 Å². The van der Waals surface area contributed by atoms with Gasteiger partial charge >= 0.3 is 0 Å². The largest absolute Gasteiger partial charge is 0.351 e. The SMILES string of the molecule is CC(C)[C@H](N)C(=O)NCc1ccc(Cn2cccn2)cc1. The van der Waals surface area contributed by atoms with Crippen LogP contribution in [0.5, 0.6) is 0 Å². The Balaban J connectivity index is 1.86. The summed E-state index contributed by atoms with van der Waals surface area (Å²) in [6.07, 6.45) is 3.70. The number of benzene rings is 1. The first-order chi connectivity index (χ1) is 10.1. The van der Waals surface area contributed by atoms with Crippen LogP contribution in [0.1, 0.15) is 25.0 Å². The zero-order valence-corrected chi connectivity index (χ0v) is 12.5. The third-order valence-electron chi connectivity index (χ3n) is 3.41. The van der Waals surface area contributed by atoms with Crippen LogP contribution >= 0.6 is 0 Å². The van der Waals surface area contributed by atoms with Crippen molar-refractivity contribution in [1.82, 2.24) is 15.1 Å². The fraction of sp³-hybridized carbons (Fsp3) is 0.375. The molecule has 2 aromatic rings. The molecular formula is C16H22N4O. The van der Waals surface area contributed by atoms with E-state index in [0.29, 0.717) is 6.54 Å². The summed E-state index contributed by atoms with van der Waals surface area (Å²) in [6.45, 7) is 5.13. The highest BCUT2D eigenvalue weighted by Gasteiger charge is 2.16. The molecule has 0 aliphatic heterocycles. The molecule has 5 heteroatoms. The lowest BCUT2D eigenvalue weighted by Gasteiger charge is -2.15. The summed E-state index contributed by atoms with van der Waals surface area (Å²) in [7, 11) is 0. The molecule has 1 aromatic heterocycles. The van der Waals surface area contributed by atoms with E-state index in [1.54, 1.807) is 6.20 Å². The molecule has 1 aromatic carbocycles. The monoisotopic (exact) mass is 286 g/mol. The smallest absolute Gasteiger partial charge is 0.237 e. The summed E-state index contributed by atoms with van der Waals surface area (Å²) >= 11 is 0. The van der Waals surface area contributed by atoms with Gasteiger partial charge in [-0.05, 0) is 23.1 Å². The number of carbonyl (C=O) groups is 1. The second-order valence-electron chi connectivity index (χ2n) is 5.51. The number of amides is 1. The van der Waals surface area contributed by atoms with Gasteiger partial charge in [0.25, 0.3) is 0 Å². The van der Waals surface area contributed by atoms with Crippen LogP contribution in [0.4, 0.5) is 0 Å². The Morgan fingerprint density at radius 2 is 1.95 bits per heavy atom. The summed E-state index contributed by atoms with van der Waals surface area (Å²) in [5, 5.41) is 7.04. The molecule has 0 fully saturated rings. The van der Waals surface area contributed by atoms with Gasteiger partial charge in [-0.2, -0.15) is 5.10 Å². The first-order valence-corrected chi connectivity index (χ1v) is 7.15. The number of rotatable bonds is 6. The van der Waals surface area contributed by atoms with Crippen LogP contribution in [0.2, 0.25) is 0 Å². The van der Waals surface area contributed by atoms with Crippen molar-refractivity contribution >= 4 is 5.91 Å². The van der Waals surface area contributed by atoms with Gasteiger partial charge in [-0.15, -0.1) is 0 Å². The standard InChI is InChI=1S/C16H22N4O/c1-12(2)15(17)16(21)18-10-13-4-6-14(7-5-13)11-20-9-3-8-19-20/h3-9,12,15H,10-11,17H2,1-2H3,(H,18,21)/t15-/m0/s1. The average Bonchev–Trinajstić information content (AvgIpc) is 2.98. The van der Waals surface area contributed by atoms with Crippen molar-refractivity contribution in [3.8, 4) is 0 Å². The summed E-state index contributed by atoms with van der Waals surface area (Å²) < 4.78 is 1.87. The molecule has 1 heterocycles. The molecule has 21 heavy (non-hydrogen) atoms. The van der Waals surface area contributed by atoms with Crippen molar-refractivity contribution in [1.29, 1.82) is 0 Å². The summed E-state index contributed by atoms with van der Waals surface area (Å²) in [5.41, 5.74) is 8.03. The maximum Gasteiger partial charge on any atom is 0.237 e. The summed E-state index contributed by atoms with van der Waals surface area (Å²) in [6, 6.07) is 9.57. The molecule has 0 unspecified atom stereocenters. The van der Waals surface area contributed by atoms with Crippen LogP contribution < -0.4 is 11.1 Å². The lowest BCUT2D eigenvalue weighted by atomic mass is 10.0. The molecule has 5 nitrogen and oxygen atoms in total. The predicted molar refractivity (Wildman–Crippen MR) is 82.4 cm³/mol. The third-order valence-corrected chi connectivity index (χ3v) is 3.41. The van der Waals surface area contributed by atoms with Gasteiger partial charge in [0, 0.05) is 18.9 Å². The molecule has 0 radical (unpaired) electrons. The second kappa shape index (κ2) is 7.04. The van der Waals surface area contributed by atoms with Crippen molar-refractivity contribution in [3.05, 3.63) is 53.9 Å². The molecule has 0 saturated carbocycles. The molecule has 3 N–H and O–H groups in total. The molecule has 1 amide bonds. The number of nitrogens with one attached hydrogen (secondary N) is 1. The van der Waals surface area contributed by atoms with Gasteiger partial charge in [-0.25, -0.2) is 0 Å². The van der Waals surface area contributed by atoms with E-state index < -0.39 is 6.04 Å². The third kappa shape index (κ3) is 4.43. The number of hydrogen-bond donors (Lipinski definition) is 2. The molecule has 1 atom stereocenters. The molecular weight excluding hydrogens is 264 g/mol. The molecule has 0 aliphatic rings.